The molecule has 3 rings (SSSR count). The van der Waals surface area contributed by atoms with Gasteiger partial charge in [-0.3, -0.25) is 0 Å². The normalized spacial score (nSPS) is 10.9. The summed E-state index contributed by atoms with van der Waals surface area (Å²) in [5, 5.41) is 16.4. The van der Waals surface area contributed by atoms with Crippen LogP contribution in [0.15, 0.2) is 30.3 Å². The fourth-order valence-electron chi connectivity index (χ4n) is 2.08. The Morgan fingerprint density at radius 2 is 2.00 bits per heavy atom. The second-order valence-electron chi connectivity index (χ2n) is 4.53. The van der Waals surface area contributed by atoms with Gasteiger partial charge in [0.25, 0.3) is 0 Å². The Balaban J connectivity index is 2.07. The number of fused-ring (bicyclic) bond motifs is 1. The lowest BCUT2D eigenvalue weighted by molar-refractivity contribution is 0.0689. The predicted molar refractivity (Wildman–Crippen MR) is 73.4 cm³/mol. The van der Waals surface area contributed by atoms with Crippen molar-refractivity contribution in [2.45, 2.75) is 6.92 Å². The molecule has 0 aliphatic carbocycles. The summed E-state index contributed by atoms with van der Waals surface area (Å²) in [6, 6.07) is 8.91. The summed E-state index contributed by atoms with van der Waals surface area (Å²) in [5.74, 6) is -0.149. The first-order valence-corrected chi connectivity index (χ1v) is 6.07. The van der Waals surface area contributed by atoms with Crippen LogP contribution in [0.2, 0.25) is 0 Å². The molecule has 2 heterocycles. The topological polar surface area (TPSA) is 80.9 Å². The lowest BCUT2D eigenvalue weighted by Crippen LogP contribution is -2.01. The number of hydrogen-bond donors (Lipinski definition) is 1. The minimum atomic E-state index is -1.08. The van der Waals surface area contributed by atoms with Gasteiger partial charge in [-0.25, -0.2) is 9.78 Å². The fraction of sp³-hybridized carbons (Fsp3) is 0.143. The molecule has 1 N–H and O–H groups in total. The molecule has 20 heavy (non-hydrogen) atoms. The molecule has 0 radical (unpaired) electrons. The van der Waals surface area contributed by atoms with Gasteiger partial charge in [0.15, 0.2) is 5.69 Å². The number of aryl methyl sites for hydroxylation is 2. The number of hydrogen-bond acceptors (Lipinski definition) is 4. The van der Waals surface area contributed by atoms with Crippen LogP contribution in [-0.4, -0.2) is 30.8 Å². The lowest BCUT2D eigenvalue weighted by Gasteiger charge is -2.01. The van der Waals surface area contributed by atoms with Gasteiger partial charge in [0.05, 0.1) is 16.7 Å². The van der Waals surface area contributed by atoms with Crippen LogP contribution in [0.3, 0.4) is 0 Å². The number of imidazole rings is 1. The van der Waals surface area contributed by atoms with Gasteiger partial charge in [-0.2, -0.15) is 0 Å². The van der Waals surface area contributed by atoms with Gasteiger partial charge in [-0.15, -0.1) is 10.2 Å². The number of aromatic carboxylic acids is 1. The van der Waals surface area contributed by atoms with E-state index in [4.69, 9.17) is 5.11 Å². The van der Waals surface area contributed by atoms with Gasteiger partial charge in [0.1, 0.15) is 5.82 Å². The zero-order valence-electron chi connectivity index (χ0n) is 11.0. The van der Waals surface area contributed by atoms with Gasteiger partial charge in [0, 0.05) is 12.6 Å². The first-order valence-electron chi connectivity index (χ1n) is 6.07. The maximum atomic E-state index is 10.7. The van der Waals surface area contributed by atoms with E-state index in [0.29, 0.717) is 5.69 Å². The third-order valence-electron chi connectivity index (χ3n) is 3.28. The van der Waals surface area contributed by atoms with Crippen molar-refractivity contribution < 1.29 is 9.90 Å². The second kappa shape index (κ2) is 4.41. The van der Waals surface area contributed by atoms with Crippen LogP contribution in [0.1, 0.15) is 16.3 Å². The van der Waals surface area contributed by atoms with E-state index in [1.807, 2.05) is 36.7 Å². The average molecular weight is 268 g/mol. The summed E-state index contributed by atoms with van der Waals surface area (Å²) in [7, 11) is 1.96. The third kappa shape index (κ3) is 1.91. The van der Waals surface area contributed by atoms with Crippen LogP contribution < -0.4 is 0 Å². The van der Waals surface area contributed by atoms with Crippen LogP contribution in [-0.2, 0) is 7.05 Å². The lowest BCUT2D eigenvalue weighted by atomic mass is 10.1. The molecule has 100 valence electrons. The van der Waals surface area contributed by atoms with Crippen LogP contribution in [0.25, 0.3) is 22.3 Å². The Morgan fingerprint density at radius 3 is 2.65 bits per heavy atom. The van der Waals surface area contributed by atoms with Gasteiger partial charge < -0.3 is 9.67 Å². The standard InChI is InChI=1S/C14H12N4O2/c1-8-15-12-7-9(3-6-13(12)18(8)2)10-4-5-11(14(19)20)17-16-10/h3-7H,1-2H3,(H,19,20). The molecule has 0 aliphatic heterocycles. The highest BCUT2D eigenvalue weighted by Crippen LogP contribution is 2.22. The Morgan fingerprint density at radius 1 is 1.20 bits per heavy atom. The summed E-state index contributed by atoms with van der Waals surface area (Å²) in [6.45, 7) is 1.95. The fourth-order valence-corrected chi connectivity index (χ4v) is 2.08. The maximum absolute atomic E-state index is 10.7. The van der Waals surface area contributed by atoms with E-state index in [1.165, 1.54) is 6.07 Å². The molecule has 0 unspecified atom stereocenters. The molecule has 1 aromatic carbocycles. The zero-order chi connectivity index (χ0) is 14.3. The van der Waals surface area contributed by atoms with E-state index >= 15 is 0 Å². The zero-order valence-corrected chi connectivity index (χ0v) is 11.0. The Bertz CT molecular complexity index is 806. The van der Waals surface area contributed by atoms with E-state index < -0.39 is 5.97 Å². The van der Waals surface area contributed by atoms with Crippen LogP contribution in [0, 0.1) is 6.92 Å². The molecular weight excluding hydrogens is 256 g/mol. The Kier molecular flexibility index (Phi) is 2.71. The molecule has 6 nitrogen and oxygen atoms in total. The number of benzene rings is 1. The minimum Gasteiger partial charge on any atom is -0.476 e. The first kappa shape index (κ1) is 12.3. The Hall–Kier alpha value is -2.76. The molecule has 0 fully saturated rings. The Labute approximate surface area is 114 Å². The number of carboxylic acids is 1. The molecule has 0 amide bonds. The minimum absolute atomic E-state index is 0.0662. The molecule has 2 aromatic heterocycles. The summed E-state index contributed by atoms with van der Waals surface area (Å²) in [4.78, 5) is 15.2. The number of aromatic nitrogens is 4. The van der Waals surface area contributed by atoms with Crippen molar-refractivity contribution in [1.29, 1.82) is 0 Å². The van der Waals surface area contributed by atoms with Crippen molar-refractivity contribution in [2.75, 3.05) is 0 Å². The van der Waals surface area contributed by atoms with Gasteiger partial charge in [-0.05, 0) is 31.2 Å². The van der Waals surface area contributed by atoms with E-state index in [2.05, 4.69) is 15.2 Å². The number of carboxylic acid groups (broad SMARTS) is 1. The monoisotopic (exact) mass is 268 g/mol. The summed E-state index contributed by atoms with van der Waals surface area (Å²) in [5.41, 5.74) is 3.34. The van der Waals surface area contributed by atoms with E-state index in [1.54, 1.807) is 6.07 Å². The summed E-state index contributed by atoms with van der Waals surface area (Å²) in [6.07, 6.45) is 0. The first-order chi connectivity index (χ1) is 9.56. The molecule has 0 spiro atoms. The predicted octanol–water partition coefficient (Wildman–Crippen LogP) is 2.04. The molecule has 0 atom stereocenters. The highest BCUT2D eigenvalue weighted by Gasteiger charge is 2.09. The van der Waals surface area contributed by atoms with Gasteiger partial charge >= 0.3 is 5.97 Å². The van der Waals surface area contributed by atoms with E-state index in [0.717, 1.165) is 22.4 Å². The van der Waals surface area contributed by atoms with Crippen molar-refractivity contribution in [3.63, 3.8) is 0 Å². The molecule has 0 bridgehead atoms. The molecular formula is C14H12N4O2. The van der Waals surface area contributed by atoms with Crippen molar-refractivity contribution in [3.05, 3.63) is 41.9 Å². The van der Waals surface area contributed by atoms with Crippen LogP contribution in [0.4, 0.5) is 0 Å². The third-order valence-corrected chi connectivity index (χ3v) is 3.28. The molecule has 6 heteroatoms. The number of rotatable bonds is 2. The van der Waals surface area contributed by atoms with Crippen molar-refractivity contribution >= 4 is 17.0 Å². The molecule has 0 saturated carbocycles. The SMILES string of the molecule is Cc1nc2cc(-c3ccc(C(=O)O)nn3)ccc2n1C. The van der Waals surface area contributed by atoms with Crippen LogP contribution in [0.5, 0.6) is 0 Å². The second-order valence-corrected chi connectivity index (χ2v) is 4.53. The molecule has 3 aromatic rings. The average Bonchev–Trinajstić information content (AvgIpc) is 2.74. The van der Waals surface area contributed by atoms with Crippen molar-refractivity contribution in [3.8, 4) is 11.3 Å². The van der Waals surface area contributed by atoms with Gasteiger partial charge in [-0.1, -0.05) is 6.07 Å². The molecule has 0 aliphatic rings. The van der Waals surface area contributed by atoms with E-state index in [9.17, 15) is 4.79 Å². The maximum Gasteiger partial charge on any atom is 0.356 e. The van der Waals surface area contributed by atoms with Crippen LogP contribution >= 0.6 is 0 Å². The highest BCUT2D eigenvalue weighted by molar-refractivity contribution is 5.86. The number of carbonyl (C=O) groups is 1. The van der Waals surface area contributed by atoms with Crippen molar-refractivity contribution in [2.24, 2.45) is 7.05 Å². The number of nitrogens with zero attached hydrogens (tertiary/aromatic N) is 4. The van der Waals surface area contributed by atoms with Crippen molar-refractivity contribution in [1.82, 2.24) is 19.7 Å². The summed E-state index contributed by atoms with van der Waals surface area (Å²) < 4.78 is 2.01. The molecule has 0 saturated heterocycles. The smallest absolute Gasteiger partial charge is 0.356 e. The highest BCUT2D eigenvalue weighted by atomic mass is 16.4. The van der Waals surface area contributed by atoms with Gasteiger partial charge in [0.2, 0.25) is 0 Å². The largest absolute Gasteiger partial charge is 0.476 e. The van der Waals surface area contributed by atoms with E-state index in [-0.39, 0.29) is 5.69 Å². The summed E-state index contributed by atoms with van der Waals surface area (Å²) >= 11 is 0. The quantitative estimate of drug-likeness (QED) is 0.769.